The Bertz CT molecular complexity index is 1290. The molecule has 12 heteroatoms. The first-order chi connectivity index (χ1) is 17.1. The number of para-hydroxylation sites is 2. The van der Waals surface area contributed by atoms with E-state index in [1.54, 1.807) is 12.1 Å². The minimum atomic E-state index is -4.55. The largest absolute Gasteiger partial charge is 0.483 e. The molecule has 3 amide bonds. The van der Waals surface area contributed by atoms with Crippen molar-refractivity contribution in [1.82, 2.24) is 5.43 Å². The van der Waals surface area contributed by atoms with Gasteiger partial charge in [-0.05, 0) is 42.5 Å². The average molecular weight is 502 g/mol. The number of amides is 3. The number of anilines is 2. The molecule has 3 N–H and O–H groups in total. The lowest BCUT2D eigenvalue weighted by atomic mass is 10.2. The molecule has 36 heavy (non-hydrogen) atoms. The normalized spacial score (nSPS) is 11.1. The van der Waals surface area contributed by atoms with Gasteiger partial charge in [0.2, 0.25) is 0 Å². The van der Waals surface area contributed by atoms with Gasteiger partial charge in [0.1, 0.15) is 11.6 Å². The summed E-state index contributed by atoms with van der Waals surface area (Å²) in [7, 11) is 0. The molecule has 3 aromatic rings. The molecule has 0 fully saturated rings. The zero-order valence-corrected chi connectivity index (χ0v) is 18.3. The number of halogens is 4. The number of nitrogens with zero attached hydrogens (tertiary/aromatic N) is 1. The highest BCUT2D eigenvalue weighted by molar-refractivity contribution is 6.39. The van der Waals surface area contributed by atoms with Crippen LogP contribution in [-0.2, 0) is 20.6 Å². The predicted molar refractivity (Wildman–Crippen MR) is 123 cm³/mol. The molecular weight excluding hydrogens is 484 g/mol. The third-order valence-electron chi connectivity index (χ3n) is 4.45. The molecule has 0 aliphatic carbocycles. The van der Waals surface area contributed by atoms with Crippen LogP contribution in [0, 0.1) is 5.82 Å². The Morgan fingerprint density at radius 1 is 0.889 bits per heavy atom. The average Bonchev–Trinajstić information content (AvgIpc) is 2.84. The van der Waals surface area contributed by atoms with Crippen LogP contribution in [0.25, 0.3) is 0 Å². The number of benzene rings is 3. The summed E-state index contributed by atoms with van der Waals surface area (Å²) in [5, 5.41) is 8.06. The smallest absolute Gasteiger partial charge is 0.416 e. The van der Waals surface area contributed by atoms with Crippen molar-refractivity contribution in [2.75, 3.05) is 17.2 Å². The van der Waals surface area contributed by atoms with Crippen molar-refractivity contribution in [3.05, 3.63) is 89.7 Å². The molecule has 0 saturated carbocycles. The number of alkyl halides is 3. The van der Waals surface area contributed by atoms with Crippen molar-refractivity contribution in [2.45, 2.75) is 6.18 Å². The van der Waals surface area contributed by atoms with E-state index < -0.39 is 41.9 Å². The Morgan fingerprint density at radius 2 is 1.61 bits per heavy atom. The van der Waals surface area contributed by atoms with Crippen LogP contribution in [0.3, 0.4) is 0 Å². The molecule has 8 nitrogen and oxygen atoms in total. The number of carbonyl (C=O) groups excluding carboxylic acids is 3. The summed E-state index contributed by atoms with van der Waals surface area (Å²) < 4.78 is 57.4. The summed E-state index contributed by atoms with van der Waals surface area (Å²) >= 11 is 0. The van der Waals surface area contributed by atoms with E-state index in [4.69, 9.17) is 4.74 Å². The van der Waals surface area contributed by atoms with Gasteiger partial charge in [-0.15, -0.1) is 0 Å². The lowest BCUT2D eigenvalue weighted by molar-refractivity contribution is -0.137. The summed E-state index contributed by atoms with van der Waals surface area (Å²) in [5.74, 6) is -3.56. The molecule has 0 atom stereocenters. The zero-order valence-electron chi connectivity index (χ0n) is 18.3. The van der Waals surface area contributed by atoms with E-state index in [1.165, 1.54) is 36.4 Å². The number of nitrogens with one attached hydrogen (secondary N) is 3. The first-order valence-corrected chi connectivity index (χ1v) is 10.2. The lowest BCUT2D eigenvalue weighted by Crippen LogP contribution is -2.32. The van der Waals surface area contributed by atoms with Crippen LogP contribution in [0.15, 0.2) is 77.9 Å². The molecule has 0 spiro atoms. The van der Waals surface area contributed by atoms with Gasteiger partial charge in [0, 0.05) is 11.3 Å². The van der Waals surface area contributed by atoms with Gasteiger partial charge in [-0.1, -0.05) is 30.3 Å². The van der Waals surface area contributed by atoms with Gasteiger partial charge < -0.3 is 15.4 Å². The van der Waals surface area contributed by atoms with Crippen molar-refractivity contribution < 1.29 is 36.7 Å². The van der Waals surface area contributed by atoms with Crippen molar-refractivity contribution in [2.24, 2.45) is 5.10 Å². The van der Waals surface area contributed by atoms with Gasteiger partial charge in [0.15, 0.2) is 6.61 Å². The number of rotatable bonds is 7. The van der Waals surface area contributed by atoms with E-state index in [9.17, 15) is 31.9 Å². The van der Waals surface area contributed by atoms with Gasteiger partial charge in [-0.3, -0.25) is 14.4 Å². The van der Waals surface area contributed by atoms with Crippen molar-refractivity contribution in [3.8, 4) is 5.75 Å². The second-order valence-electron chi connectivity index (χ2n) is 7.09. The molecule has 0 aromatic heterocycles. The van der Waals surface area contributed by atoms with Gasteiger partial charge >= 0.3 is 18.0 Å². The van der Waals surface area contributed by atoms with Crippen LogP contribution in [0.2, 0.25) is 0 Å². The quantitative estimate of drug-likeness (QED) is 0.197. The molecule has 0 aliphatic rings. The standard InChI is InChI=1S/C24H18F4N4O4/c25-18-9-2-3-10-19(18)31-22(34)23(35)32-29-13-15-6-1-4-11-20(15)36-14-21(33)30-17-8-5-7-16(12-17)24(26,27)28/h1-13H,14H2,(H,30,33)(H,31,34)(H,32,35)/b29-13-. The number of carbonyl (C=O) groups is 3. The summed E-state index contributed by atoms with van der Waals surface area (Å²) in [6.07, 6.45) is -3.41. The predicted octanol–water partition coefficient (Wildman–Crippen LogP) is 3.95. The molecule has 0 aliphatic heterocycles. The molecule has 0 radical (unpaired) electrons. The van der Waals surface area contributed by atoms with Crippen molar-refractivity contribution in [1.29, 1.82) is 0 Å². The van der Waals surface area contributed by atoms with Gasteiger partial charge in [0.05, 0.1) is 17.5 Å². The van der Waals surface area contributed by atoms with Gasteiger partial charge in [-0.2, -0.15) is 18.3 Å². The second-order valence-corrected chi connectivity index (χ2v) is 7.09. The monoisotopic (exact) mass is 502 g/mol. The second kappa shape index (κ2) is 11.6. The van der Waals surface area contributed by atoms with Crippen LogP contribution < -0.4 is 20.8 Å². The minimum Gasteiger partial charge on any atom is -0.483 e. The van der Waals surface area contributed by atoms with Crippen molar-refractivity contribution in [3.63, 3.8) is 0 Å². The Morgan fingerprint density at radius 3 is 2.36 bits per heavy atom. The SMILES string of the molecule is O=C(COc1ccccc1/C=N\NC(=O)C(=O)Nc1ccccc1F)Nc1cccc(C(F)(F)F)c1. The molecule has 0 saturated heterocycles. The lowest BCUT2D eigenvalue weighted by Gasteiger charge is -2.11. The van der Waals surface area contributed by atoms with E-state index >= 15 is 0 Å². The highest BCUT2D eigenvalue weighted by Crippen LogP contribution is 2.30. The van der Waals surface area contributed by atoms with E-state index in [2.05, 4.69) is 15.7 Å². The van der Waals surface area contributed by atoms with E-state index in [1.807, 2.05) is 5.43 Å². The Labute approximate surface area is 202 Å². The fourth-order valence-corrected chi connectivity index (χ4v) is 2.79. The van der Waals surface area contributed by atoms with E-state index in [0.717, 1.165) is 30.5 Å². The highest BCUT2D eigenvalue weighted by atomic mass is 19.4. The third kappa shape index (κ3) is 7.38. The highest BCUT2D eigenvalue weighted by Gasteiger charge is 2.30. The number of hydrazone groups is 1. The molecule has 0 unspecified atom stereocenters. The first kappa shape index (κ1) is 25.9. The number of hydrogen-bond acceptors (Lipinski definition) is 5. The summed E-state index contributed by atoms with van der Waals surface area (Å²) in [6.45, 7) is -0.529. The zero-order chi connectivity index (χ0) is 26.1. The maximum Gasteiger partial charge on any atom is 0.416 e. The summed E-state index contributed by atoms with van der Waals surface area (Å²) in [4.78, 5) is 35.9. The molecule has 0 bridgehead atoms. The van der Waals surface area contributed by atoms with E-state index in [-0.39, 0.29) is 17.1 Å². The molecule has 3 aromatic carbocycles. The van der Waals surface area contributed by atoms with Gasteiger partial charge in [-0.25, -0.2) is 9.82 Å². The molecule has 3 rings (SSSR count). The Hall–Kier alpha value is -4.74. The van der Waals surface area contributed by atoms with Crippen molar-refractivity contribution >= 4 is 35.3 Å². The maximum atomic E-state index is 13.6. The molecular formula is C24H18F4N4O4. The van der Waals surface area contributed by atoms with Crippen LogP contribution in [0.1, 0.15) is 11.1 Å². The molecule has 186 valence electrons. The van der Waals surface area contributed by atoms with E-state index in [0.29, 0.717) is 5.56 Å². The Balaban J connectivity index is 1.55. The van der Waals surface area contributed by atoms with Crippen LogP contribution in [0.5, 0.6) is 5.75 Å². The number of ether oxygens (including phenoxy) is 1. The van der Waals surface area contributed by atoms with Crippen LogP contribution in [0.4, 0.5) is 28.9 Å². The Kier molecular flexibility index (Phi) is 8.34. The number of hydrogen-bond donors (Lipinski definition) is 3. The first-order valence-electron chi connectivity index (χ1n) is 10.2. The van der Waals surface area contributed by atoms with Crippen LogP contribution in [-0.4, -0.2) is 30.5 Å². The summed E-state index contributed by atoms with van der Waals surface area (Å²) in [5.41, 5.74) is 1.16. The fraction of sp³-hybridized carbons (Fsp3) is 0.0833. The summed E-state index contributed by atoms with van der Waals surface area (Å²) in [6, 6.07) is 15.7. The maximum absolute atomic E-state index is 13.6. The fourth-order valence-electron chi connectivity index (χ4n) is 2.79. The topological polar surface area (TPSA) is 109 Å². The van der Waals surface area contributed by atoms with Gasteiger partial charge in [0.25, 0.3) is 5.91 Å². The minimum absolute atomic E-state index is 0.0513. The van der Waals surface area contributed by atoms with Crippen LogP contribution >= 0.6 is 0 Å². The molecule has 0 heterocycles. The third-order valence-corrected chi connectivity index (χ3v) is 4.45.